The lowest BCUT2D eigenvalue weighted by Gasteiger charge is -2.32. The van der Waals surface area contributed by atoms with Gasteiger partial charge in [-0.1, -0.05) is 12.1 Å². The van der Waals surface area contributed by atoms with Crippen LogP contribution in [0.25, 0.3) is 5.65 Å². The van der Waals surface area contributed by atoms with Crippen molar-refractivity contribution in [2.24, 2.45) is 0 Å². The number of pyridine rings is 1. The zero-order valence-electron chi connectivity index (χ0n) is 15.1. The number of thiophene rings is 1. The van der Waals surface area contributed by atoms with Gasteiger partial charge in [0, 0.05) is 32.3 Å². The van der Waals surface area contributed by atoms with Crippen LogP contribution in [0.4, 0.5) is 0 Å². The van der Waals surface area contributed by atoms with Gasteiger partial charge in [0.2, 0.25) is 5.91 Å². The highest BCUT2D eigenvalue weighted by molar-refractivity contribution is 7.12. The van der Waals surface area contributed by atoms with Crippen molar-refractivity contribution in [1.29, 1.82) is 0 Å². The van der Waals surface area contributed by atoms with Gasteiger partial charge in [0.05, 0.1) is 11.4 Å². The van der Waals surface area contributed by atoms with Crippen molar-refractivity contribution in [3.05, 3.63) is 52.6 Å². The summed E-state index contributed by atoms with van der Waals surface area (Å²) in [7, 11) is 1.68. The minimum Gasteiger partial charge on any atom is -0.341 e. The Morgan fingerprint density at radius 3 is 2.74 bits per heavy atom. The molecule has 1 saturated heterocycles. The maximum Gasteiger partial charge on any atom is 0.264 e. The molecule has 4 rings (SSSR count). The Labute approximate surface area is 161 Å². The van der Waals surface area contributed by atoms with E-state index in [0.29, 0.717) is 18.0 Å². The van der Waals surface area contributed by atoms with E-state index in [9.17, 15) is 9.59 Å². The number of fused-ring (bicyclic) bond motifs is 1. The molecular formula is C19H21N5O2S. The molecule has 2 amide bonds. The number of nitrogens with zero attached hydrogens (tertiary/aromatic N) is 5. The number of hydrogen-bond donors (Lipinski definition) is 0. The molecule has 0 radical (unpaired) electrons. The number of likely N-dealkylation sites (N-methyl/N-ethyl adjacent to an activating group) is 1. The largest absolute Gasteiger partial charge is 0.341 e. The van der Waals surface area contributed by atoms with Crippen molar-refractivity contribution < 1.29 is 9.59 Å². The summed E-state index contributed by atoms with van der Waals surface area (Å²) in [6, 6.07) is 9.48. The maximum atomic E-state index is 12.6. The van der Waals surface area contributed by atoms with E-state index in [1.54, 1.807) is 13.1 Å². The number of rotatable bonds is 4. The van der Waals surface area contributed by atoms with Gasteiger partial charge in [0.1, 0.15) is 5.82 Å². The van der Waals surface area contributed by atoms with Crippen molar-refractivity contribution in [3.8, 4) is 0 Å². The second kappa shape index (κ2) is 7.48. The lowest BCUT2D eigenvalue weighted by Crippen LogP contribution is -2.44. The number of carbonyl (C=O) groups is 2. The van der Waals surface area contributed by atoms with Gasteiger partial charge in [0.15, 0.2) is 5.65 Å². The monoisotopic (exact) mass is 383 g/mol. The van der Waals surface area contributed by atoms with Gasteiger partial charge in [-0.05, 0) is 36.4 Å². The van der Waals surface area contributed by atoms with Crippen molar-refractivity contribution in [2.75, 3.05) is 26.7 Å². The molecule has 0 atom stereocenters. The van der Waals surface area contributed by atoms with Crippen molar-refractivity contribution in [3.63, 3.8) is 0 Å². The molecular weight excluding hydrogens is 362 g/mol. The van der Waals surface area contributed by atoms with Crippen molar-refractivity contribution in [1.82, 2.24) is 24.4 Å². The molecule has 0 bridgehead atoms. The van der Waals surface area contributed by atoms with Crippen LogP contribution in [0.5, 0.6) is 0 Å². The molecule has 1 fully saturated rings. The molecule has 0 aromatic carbocycles. The average molecular weight is 383 g/mol. The SMILES string of the molecule is CN(CC(=O)N1CCC(c2nnc3ccccn23)CC1)C(=O)c1cccs1. The van der Waals surface area contributed by atoms with E-state index >= 15 is 0 Å². The standard InChI is InChI=1S/C19H21N5O2S/c1-22(19(26)15-5-4-12-27-15)13-17(25)23-10-7-14(8-11-23)18-21-20-16-6-2-3-9-24(16)18/h2-6,9,12,14H,7-8,10-11,13H2,1H3. The van der Waals surface area contributed by atoms with Crippen LogP contribution < -0.4 is 0 Å². The Morgan fingerprint density at radius 1 is 1.19 bits per heavy atom. The van der Waals surface area contributed by atoms with E-state index in [4.69, 9.17) is 0 Å². The fourth-order valence-corrected chi connectivity index (χ4v) is 4.21. The van der Waals surface area contributed by atoms with Crippen LogP contribution in [0.1, 0.15) is 34.3 Å². The number of aromatic nitrogens is 3. The van der Waals surface area contributed by atoms with Crippen LogP contribution in [0.15, 0.2) is 41.9 Å². The molecule has 0 saturated carbocycles. The fourth-order valence-electron chi connectivity index (χ4n) is 3.49. The molecule has 0 unspecified atom stereocenters. The van der Waals surface area contributed by atoms with Crippen LogP contribution in [-0.4, -0.2) is 62.9 Å². The van der Waals surface area contributed by atoms with Gasteiger partial charge in [0.25, 0.3) is 5.91 Å². The second-order valence-electron chi connectivity index (χ2n) is 6.78. The molecule has 1 aliphatic heterocycles. The van der Waals surface area contributed by atoms with Crippen LogP contribution in [0, 0.1) is 0 Å². The summed E-state index contributed by atoms with van der Waals surface area (Å²) in [5.74, 6) is 1.13. The molecule has 0 aliphatic carbocycles. The summed E-state index contributed by atoms with van der Waals surface area (Å²) in [6.45, 7) is 1.45. The highest BCUT2D eigenvalue weighted by atomic mass is 32.1. The summed E-state index contributed by atoms with van der Waals surface area (Å²) < 4.78 is 2.02. The first-order valence-electron chi connectivity index (χ1n) is 9.00. The van der Waals surface area contributed by atoms with Crippen LogP contribution >= 0.6 is 11.3 Å². The van der Waals surface area contributed by atoms with Gasteiger partial charge in [-0.25, -0.2) is 0 Å². The summed E-state index contributed by atoms with van der Waals surface area (Å²) >= 11 is 1.39. The fraction of sp³-hybridized carbons (Fsp3) is 0.368. The molecule has 27 heavy (non-hydrogen) atoms. The number of piperidine rings is 1. The molecule has 0 N–H and O–H groups in total. The molecule has 8 heteroatoms. The first kappa shape index (κ1) is 17.7. The highest BCUT2D eigenvalue weighted by Crippen LogP contribution is 2.27. The average Bonchev–Trinajstić information content (AvgIpc) is 3.37. The lowest BCUT2D eigenvalue weighted by molar-refractivity contribution is -0.132. The Bertz CT molecular complexity index is 944. The Kier molecular flexibility index (Phi) is 4.89. The van der Waals surface area contributed by atoms with E-state index in [1.807, 2.05) is 45.1 Å². The van der Waals surface area contributed by atoms with E-state index < -0.39 is 0 Å². The molecule has 7 nitrogen and oxygen atoms in total. The van der Waals surface area contributed by atoms with Gasteiger partial charge < -0.3 is 9.80 Å². The molecule has 0 spiro atoms. The predicted molar refractivity (Wildman–Crippen MR) is 103 cm³/mol. The number of hydrogen-bond acceptors (Lipinski definition) is 5. The third-order valence-corrected chi connectivity index (χ3v) is 5.86. The van der Waals surface area contributed by atoms with Gasteiger partial charge >= 0.3 is 0 Å². The minimum absolute atomic E-state index is 0.00745. The van der Waals surface area contributed by atoms with Gasteiger partial charge in [-0.2, -0.15) is 0 Å². The Morgan fingerprint density at radius 2 is 2.00 bits per heavy atom. The van der Waals surface area contributed by atoms with Crippen LogP contribution in [0.3, 0.4) is 0 Å². The minimum atomic E-state index is -0.108. The molecule has 1 aliphatic rings. The van der Waals surface area contributed by atoms with E-state index in [0.717, 1.165) is 24.3 Å². The van der Waals surface area contributed by atoms with Crippen LogP contribution in [-0.2, 0) is 4.79 Å². The van der Waals surface area contributed by atoms with Gasteiger partial charge in [-0.15, -0.1) is 21.5 Å². The summed E-state index contributed by atoms with van der Waals surface area (Å²) in [4.78, 5) is 28.9. The molecule has 140 valence electrons. The smallest absolute Gasteiger partial charge is 0.264 e. The molecule has 3 aromatic rings. The van der Waals surface area contributed by atoms with E-state index in [1.165, 1.54) is 16.2 Å². The Hall–Kier alpha value is -2.74. The first-order chi connectivity index (χ1) is 13.1. The maximum absolute atomic E-state index is 12.6. The van der Waals surface area contributed by atoms with E-state index in [2.05, 4.69) is 10.2 Å². The molecule has 3 aromatic heterocycles. The highest BCUT2D eigenvalue weighted by Gasteiger charge is 2.28. The number of carbonyl (C=O) groups excluding carboxylic acids is 2. The normalized spacial score (nSPS) is 15.2. The second-order valence-corrected chi connectivity index (χ2v) is 7.73. The first-order valence-corrected chi connectivity index (χ1v) is 9.88. The van der Waals surface area contributed by atoms with E-state index in [-0.39, 0.29) is 24.3 Å². The quantitative estimate of drug-likeness (QED) is 0.693. The zero-order chi connectivity index (χ0) is 18.8. The van der Waals surface area contributed by atoms with Crippen molar-refractivity contribution in [2.45, 2.75) is 18.8 Å². The van der Waals surface area contributed by atoms with Crippen LogP contribution in [0.2, 0.25) is 0 Å². The third kappa shape index (κ3) is 3.57. The number of likely N-dealkylation sites (tertiary alicyclic amines) is 1. The summed E-state index contributed by atoms with van der Waals surface area (Å²) in [5.41, 5.74) is 0.847. The van der Waals surface area contributed by atoms with Gasteiger partial charge in [-0.3, -0.25) is 14.0 Å². The number of amides is 2. The Balaban J connectivity index is 1.35. The topological polar surface area (TPSA) is 70.8 Å². The summed E-state index contributed by atoms with van der Waals surface area (Å²) in [6.07, 6.45) is 3.68. The lowest BCUT2D eigenvalue weighted by atomic mass is 9.96. The summed E-state index contributed by atoms with van der Waals surface area (Å²) in [5, 5.41) is 10.4. The van der Waals surface area contributed by atoms with Crippen molar-refractivity contribution >= 4 is 28.8 Å². The third-order valence-electron chi connectivity index (χ3n) is 5.00. The molecule has 4 heterocycles. The predicted octanol–water partition coefficient (Wildman–Crippen LogP) is 2.27. The zero-order valence-corrected chi connectivity index (χ0v) is 15.9.